The molecule has 0 saturated carbocycles. The first kappa shape index (κ1) is 11.1. The van der Waals surface area contributed by atoms with Crippen LogP contribution in [0.3, 0.4) is 0 Å². The fraction of sp³-hybridized carbons (Fsp3) is 0.571. The molecule has 82 valence electrons. The van der Waals surface area contributed by atoms with E-state index in [1.54, 1.807) is 5.30 Å². The first-order valence-corrected chi connectivity index (χ1v) is 7.68. The van der Waals surface area contributed by atoms with Crippen molar-refractivity contribution in [1.82, 2.24) is 0 Å². The van der Waals surface area contributed by atoms with Crippen LogP contribution in [0.4, 0.5) is 0 Å². The lowest BCUT2D eigenvalue weighted by atomic mass is 10.1. The molecule has 0 aromatic heterocycles. The van der Waals surface area contributed by atoms with Gasteiger partial charge in [-0.1, -0.05) is 52.1 Å². The normalized spacial score (nSPS) is 26.1. The Balaban J connectivity index is 2.08. The van der Waals surface area contributed by atoms with Crippen molar-refractivity contribution in [1.29, 1.82) is 0 Å². The Labute approximate surface area is 94.8 Å². The van der Waals surface area contributed by atoms with Gasteiger partial charge in [-0.2, -0.15) is 0 Å². The SMILES string of the molecule is CC(C)C[C@H]1CCCP1c1ccccc1. The smallest absolute Gasteiger partial charge is 0.0166 e. The summed E-state index contributed by atoms with van der Waals surface area (Å²) in [5, 5.41) is 1.63. The average Bonchev–Trinajstić information content (AvgIpc) is 2.66. The summed E-state index contributed by atoms with van der Waals surface area (Å²) in [4.78, 5) is 0. The monoisotopic (exact) mass is 220 g/mol. The highest BCUT2D eigenvalue weighted by atomic mass is 31.1. The highest BCUT2D eigenvalue weighted by Gasteiger charge is 2.28. The summed E-state index contributed by atoms with van der Waals surface area (Å²) in [6, 6.07) is 11.2. The summed E-state index contributed by atoms with van der Waals surface area (Å²) in [5.41, 5.74) is 1.00. The van der Waals surface area contributed by atoms with Gasteiger partial charge < -0.3 is 0 Å². The van der Waals surface area contributed by atoms with Gasteiger partial charge in [-0.25, -0.2) is 0 Å². The minimum absolute atomic E-state index is 0.164. The zero-order valence-corrected chi connectivity index (χ0v) is 10.7. The van der Waals surface area contributed by atoms with E-state index in [0.717, 1.165) is 11.6 Å². The third-order valence-corrected chi connectivity index (χ3v) is 6.32. The Kier molecular flexibility index (Phi) is 3.81. The molecule has 1 unspecified atom stereocenters. The third-order valence-electron chi connectivity index (χ3n) is 3.21. The fourth-order valence-corrected chi connectivity index (χ4v) is 5.88. The summed E-state index contributed by atoms with van der Waals surface area (Å²) < 4.78 is 0. The lowest BCUT2D eigenvalue weighted by molar-refractivity contribution is 0.555. The highest BCUT2D eigenvalue weighted by molar-refractivity contribution is 7.66. The van der Waals surface area contributed by atoms with E-state index in [0.29, 0.717) is 0 Å². The van der Waals surface area contributed by atoms with Crippen LogP contribution in [0.2, 0.25) is 0 Å². The van der Waals surface area contributed by atoms with E-state index in [2.05, 4.69) is 44.2 Å². The summed E-state index contributed by atoms with van der Waals surface area (Å²) >= 11 is 0. The zero-order valence-electron chi connectivity index (χ0n) is 9.82. The quantitative estimate of drug-likeness (QED) is 0.675. The van der Waals surface area contributed by atoms with Gasteiger partial charge >= 0.3 is 0 Å². The van der Waals surface area contributed by atoms with Crippen LogP contribution in [0.25, 0.3) is 0 Å². The Bertz CT molecular complexity index is 291. The van der Waals surface area contributed by atoms with Crippen molar-refractivity contribution in [2.45, 2.75) is 38.8 Å². The molecule has 1 aliphatic heterocycles. The second kappa shape index (κ2) is 5.12. The van der Waals surface area contributed by atoms with Crippen molar-refractivity contribution < 1.29 is 0 Å². The van der Waals surface area contributed by atoms with Gasteiger partial charge in [0, 0.05) is 0 Å². The van der Waals surface area contributed by atoms with E-state index in [1.807, 2.05) is 0 Å². The molecule has 15 heavy (non-hydrogen) atoms. The Morgan fingerprint density at radius 2 is 2.00 bits per heavy atom. The van der Waals surface area contributed by atoms with Gasteiger partial charge in [-0.15, -0.1) is 0 Å². The van der Waals surface area contributed by atoms with Crippen LogP contribution in [0.15, 0.2) is 30.3 Å². The second-order valence-corrected chi connectivity index (χ2v) is 7.59. The molecule has 0 N–H and O–H groups in total. The Morgan fingerprint density at radius 3 is 2.67 bits per heavy atom. The molecule has 0 aliphatic carbocycles. The van der Waals surface area contributed by atoms with Gasteiger partial charge in [-0.3, -0.25) is 0 Å². The summed E-state index contributed by atoms with van der Waals surface area (Å²) in [5.74, 6) is 0.863. The van der Waals surface area contributed by atoms with Crippen LogP contribution in [0, 0.1) is 5.92 Å². The lowest BCUT2D eigenvalue weighted by Crippen LogP contribution is -2.11. The van der Waals surface area contributed by atoms with Gasteiger partial charge in [-0.05, 0) is 42.3 Å². The zero-order chi connectivity index (χ0) is 10.7. The molecule has 2 atom stereocenters. The topological polar surface area (TPSA) is 0 Å². The fourth-order valence-electron chi connectivity index (χ4n) is 2.58. The number of rotatable bonds is 3. The van der Waals surface area contributed by atoms with E-state index < -0.39 is 0 Å². The predicted molar refractivity (Wildman–Crippen MR) is 70.3 cm³/mol. The Morgan fingerprint density at radius 1 is 1.27 bits per heavy atom. The van der Waals surface area contributed by atoms with Crippen LogP contribution < -0.4 is 5.30 Å². The molecule has 1 heterocycles. The maximum Gasteiger partial charge on any atom is -0.0166 e. The minimum Gasteiger partial charge on any atom is -0.0721 e. The van der Waals surface area contributed by atoms with Crippen LogP contribution in [-0.2, 0) is 0 Å². The van der Waals surface area contributed by atoms with Crippen LogP contribution in [-0.4, -0.2) is 11.8 Å². The van der Waals surface area contributed by atoms with E-state index in [-0.39, 0.29) is 7.92 Å². The molecule has 1 aliphatic rings. The minimum atomic E-state index is 0.164. The number of benzene rings is 1. The van der Waals surface area contributed by atoms with Gasteiger partial charge in [0.1, 0.15) is 0 Å². The molecule has 1 fully saturated rings. The van der Waals surface area contributed by atoms with Crippen molar-refractivity contribution >= 4 is 13.2 Å². The Hall–Kier alpha value is -0.350. The van der Waals surface area contributed by atoms with Gasteiger partial charge in [0.15, 0.2) is 0 Å². The molecular weight excluding hydrogens is 199 g/mol. The molecule has 1 saturated heterocycles. The maximum atomic E-state index is 2.36. The summed E-state index contributed by atoms with van der Waals surface area (Å²) in [7, 11) is 0.164. The molecule has 0 amide bonds. The number of hydrogen-bond acceptors (Lipinski definition) is 0. The summed E-state index contributed by atoms with van der Waals surface area (Å²) in [6.45, 7) is 4.72. The van der Waals surface area contributed by atoms with Crippen molar-refractivity contribution in [2.75, 3.05) is 6.16 Å². The predicted octanol–water partition coefficient (Wildman–Crippen LogP) is 4.00. The molecule has 1 aromatic carbocycles. The molecule has 0 bridgehead atoms. The van der Waals surface area contributed by atoms with E-state index in [1.165, 1.54) is 25.4 Å². The van der Waals surface area contributed by atoms with Gasteiger partial charge in [0.05, 0.1) is 0 Å². The molecule has 0 radical (unpaired) electrons. The largest absolute Gasteiger partial charge is 0.0721 e. The first-order valence-electron chi connectivity index (χ1n) is 6.09. The van der Waals surface area contributed by atoms with Crippen molar-refractivity contribution in [2.24, 2.45) is 5.92 Å². The van der Waals surface area contributed by atoms with Crippen molar-refractivity contribution in [3.8, 4) is 0 Å². The van der Waals surface area contributed by atoms with Crippen LogP contribution >= 0.6 is 7.92 Å². The standard InChI is InChI=1S/C14H21P/c1-12(2)11-14-9-6-10-15(14)13-7-4-3-5-8-13/h3-5,7-8,12,14H,6,9-11H2,1-2H3/t14-,15?/m1/s1. The van der Waals surface area contributed by atoms with Crippen LogP contribution in [0.1, 0.15) is 33.1 Å². The molecular formula is C14H21P. The average molecular weight is 220 g/mol. The van der Waals surface area contributed by atoms with Crippen molar-refractivity contribution in [3.05, 3.63) is 30.3 Å². The molecule has 1 aromatic rings. The maximum absolute atomic E-state index is 2.36. The molecule has 2 rings (SSSR count). The highest BCUT2D eigenvalue weighted by Crippen LogP contribution is 2.51. The van der Waals surface area contributed by atoms with Crippen LogP contribution in [0.5, 0.6) is 0 Å². The molecule has 1 heteroatoms. The summed E-state index contributed by atoms with van der Waals surface area (Å²) in [6.07, 6.45) is 5.83. The van der Waals surface area contributed by atoms with Crippen molar-refractivity contribution in [3.63, 3.8) is 0 Å². The molecule has 0 nitrogen and oxygen atoms in total. The van der Waals surface area contributed by atoms with Gasteiger partial charge in [0.2, 0.25) is 0 Å². The lowest BCUT2D eigenvalue weighted by Gasteiger charge is -2.22. The second-order valence-electron chi connectivity index (χ2n) is 4.95. The number of hydrogen-bond donors (Lipinski definition) is 0. The van der Waals surface area contributed by atoms with Gasteiger partial charge in [0.25, 0.3) is 0 Å². The third kappa shape index (κ3) is 2.82. The van der Waals surface area contributed by atoms with E-state index in [4.69, 9.17) is 0 Å². The van der Waals surface area contributed by atoms with E-state index in [9.17, 15) is 0 Å². The van der Waals surface area contributed by atoms with E-state index >= 15 is 0 Å². The first-order chi connectivity index (χ1) is 7.27. The molecule has 0 spiro atoms.